The first-order valence-electron chi connectivity index (χ1n) is 8.91. The molecule has 0 amide bonds. The van der Waals surface area contributed by atoms with Gasteiger partial charge in [-0.05, 0) is 0 Å². The van der Waals surface area contributed by atoms with Crippen molar-refractivity contribution in [3.63, 3.8) is 0 Å². The third-order valence-corrected chi connectivity index (χ3v) is 28.9. The Morgan fingerprint density at radius 1 is 0.500 bits per heavy atom. The summed E-state index contributed by atoms with van der Waals surface area (Å²) in [4.78, 5) is 0. The van der Waals surface area contributed by atoms with Crippen molar-refractivity contribution < 1.29 is 0 Å². The van der Waals surface area contributed by atoms with Gasteiger partial charge in [0.15, 0.2) is 0 Å². The Morgan fingerprint density at radius 3 is 0.792 bits per heavy atom. The summed E-state index contributed by atoms with van der Waals surface area (Å²) in [5.41, 5.74) is -2.83. The van der Waals surface area contributed by atoms with Gasteiger partial charge in [-0.15, -0.1) is 0 Å². The molecule has 0 aromatic heterocycles. The van der Waals surface area contributed by atoms with Gasteiger partial charge in [-0.3, -0.25) is 0 Å². The van der Waals surface area contributed by atoms with E-state index in [0.717, 1.165) is 13.1 Å². The van der Waals surface area contributed by atoms with Crippen LogP contribution in [-0.4, -0.2) is 63.9 Å². The topological polar surface area (TPSA) is 24.1 Å². The van der Waals surface area contributed by atoms with E-state index in [-0.39, 0.29) is 20.6 Å². The molecule has 0 rings (SSSR count). The van der Waals surface area contributed by atoms with Gasteiger partial charge in [0, 0.05) is 0 Å². The minimum absolute atomic E-state index is 0.254. The molecule has 2 nitrogen and oxygen atoms in total. The summed E-state index contributed by atoms with van der Waals surface area (Å²) in [7, 11) is 0. The van der Waals surface area contributed by atoms with E-state index < -0.39 is 11.3 Å². The van der Waals surface area contributed by atoms with Crippen molar-refractivity contribution in [3.8, 4) is 0 Å². The van der Waals surface area contributed by atoms with Gasteiger partial charge in [-0.2, -0.15) is 0 Å². The third-order valence-electron chi connectivity index (χ3n) is 4.57. The van der Waals surface area contributed by atoms with E-state index in [1.807, 2.05) is 0 Å². The number of nitrogens with one attached hydrogen (secondary N) is 2. The van der Waals surface area contributed by atoms with Crippen molar-refractivity contribution in [2.75, 3.05) is 13.1 Å². The minimum atomic E-state index is -1.41. The van der Waals surface area contributed by atoms with Crippen LogP contribution in [0.1, 0.15) is 83.1 Å². The van der Waals surface area contributed by atoms with Gasteiger partial charge in [0.2, 0.25) is 0 Å². The van der Waals surface area contributed by atoms with Gasteiger partial charge in [-0.25, -0.2) is 0 Å². The van der Waals surface area contributed by atoms with Gasteiger partial charge in [-0.1, -0.05) is 0 Å². The fraction of sp³-hybridized carbons (Fsp3) is 1.00. The Kier molecular flexibility index (Phi) is 8.66. The Bertz CT molecular complexity index is 431. The molecule has 0 aromatic rings. The van der Waals surface area contributed by atoms with Crippen LogP contribution in [0.5, 0.6) is 0 Å². The van der Waals surface area contributed by atoms with Crippen molar-refractivity contribution in [3.05, 3.63) is 0 Å². The summed E-state index contributed by atoms with van der Waals surface area (Å²) in [6, 6.07) is 0. The molecule has 0 atom stereocenters. The molecule has 0 aliphatic rings. The first-order chi connectivity index (χ1) is 10.2. The fourth-order valence-electron chi connectivity index (χ4n) is 3.39. The second kappa shape index (κ2) is 8.05. The van der Waals surface area contributed by atoms with Crippen LogP contribution >= 0.6 is 11.3 Å². The van der Waals surface area contributed by atoms with E-state index >= 15 is 0 Å². The predicted octanol–water partition coefficient (Wildman–Crippen LogP) is 5.39. The zero-order valence-electron chi connectivity index (χ0n) is 18.1. The molecular weight excluding hydrogens is 464 g/mol. The molecule has 0 aliphatic heterocycles. The normalized spacial score (nSPS) is 15.7. The third kappa shape index (κ3) is 5.66. The van der Waals surface area contributed by atoms with Gasteiger partial charge in [0.1, 0.15) is 0 Å². The quantitative estimate of drug-likeness (QED) is 0.297. The Hall–Kier alpha value is 1.82. The molecule has 0 aromatic carbocycles. The van der Waals surface area contributed by atoms with E-state index in [4.69, 9.17) is 0 Å². The first-order valence-corrected chi connectivity index (χ1v) is 16.9. The van der Waals surface area contributed by atoms with Crippen molar-refractivity contribution in [2.45, 2.75) is 104 Å². The number of rotatable bonds is 5. The maximum atomic E-state index is 3.95. The summed E-state index contributed by atoms with van der Waals surface area (Å²) in [6.45, 7) is 30.3. The average Bonchev–Trinajstić information content (AvgIpc) is 2.28. The number of hydrogen-bond acceptors (Lipinski definition) is 2. The standard InChI is InChI=1S/C18H42N2P2Se2/c1-15(2,3)21(23,16(4,5)6)19-13-14-20-22(24,17(7,8)9)18(10,11)12/h13-14H2,1-12H3,(H,19,23)(H,20,24). The zero-order valence-corrected chi connectivity index (χ0v) is 23.3. The average molecular weight is 506 g/mol. The summed E-state index contributed by atoms with van der Waals surface area (Å²) >= 11 is 7.20. The van der Waals surface area contributed by atoms with Gasteiger partial charge < -0.3 is 0 Å². The molecule has 146 valence electrons. The van der Waals surface area contributed by atoms with Crippen LogP contribution < -0.4 is 10.2 Å². The molecule has 0 saturated carbocycles. The predicted molar refractivity (Wildman–Crippen MR) is 120 cm³/mol. The van der Waals surface area contributed by atoms with Crippen molar-refractivity contribution >= 4 is 41.5 Å². The van der Waals surface area contributed by atoms with Crippen LogP contribution in [0.2, 0.25) is 0 Å². The van der Waals surface area contributed by atoms with E-state index in [2.05, 4.69) is 123 Å². The van der Waals surface area contributed by atoms with Crippen molar-refractivity contribution in [1.82, 2.24) is 10.2 Å². The van der Waals surface area contributed by atoms with Gasteiger partial charge in [0.05, 0.1) is 0 Å². The second-order valence-electron chi connectivity index (χ2n) is 10.7. The molecule has 0 unspecified atom stereocenters. The summed E-state index contributed by atoms with van der Waals surface area (Å²) in [5, 5.41) is 8.91. The van der Waals surface area contributed by atoms with Crippen LogP contribution in [0, 0.1) is 0 Å². The van der Waals surface area contributed by atoms with Crippen molar-refractivity contribution in [1.29, 1.82) is 0 Å². The number of hydrogen-bond donors (Lipinski definition) is 2. The molecule has 24 heavy (non-hydrogen) atoms. The molecule has 0 spiro atoms. The summed E-state index contributed by atoms with van der Waals surface area (Å²) in [6.07, 6.45) is 0. The van der Waals surface area contributed by atoms with Crippen LogP contribution in [0.25, 0.3) is 0 Å². The molecule has 0 fully saturated rings. The van der Waals surface area contributed by atoms with E-state index in [9.17, 15) is 0 Å². The van der Waals surface area contributed by atoms with Crippen LogP contribution in [0.3, 0.4) is 0 Å². The summed E-state index contributed by atoms with van der Waals surface area (Å²) in [5.74, 6) is 0. The molecular formula is C18H42N2P2Se2. The Labute approximate surface area is 168 Å². The molecule has 0 heterocycles. The van der Waals surface area contributed by atoms with Gasteiger partial charge >= 0.3 is 168 Å². The van der Waals surface area contributed by atoms with Crippen LogP contribution in [0.4, 0.5) is 0 Å². The van der Waals surface area contributed by atoms with E-state index in [1.165, 1.54) is 0 Å². The molecule has 0 aliphatic carbocycles. The fourth-order valence-corrected chi connectivity index (χ4v) is 11.3. The summed E-state index contributed by atoms with van der Waals surface area (Å²) < 4.78 is 0. The monoisotopic (exact) mass is 508 g/mol. The Balaban J connectivity index is 5.18. The molecule has 6 heteroatoms. The van der Waals surface area contributed by atoms with Crippen LogP contribution in [0.15, 0.2) is 0 Å². The molecule has 0 saturated heterocycles. The van der Waals surface area contributed by atoms with Crippen LogP contribution in [-0.2, 0) is 0 Å². The second-order valence-corrected chi connectivity index (χ2v) is 26.0. The zero-order chi connectivity index (χ0) is 19.8. The molecule has 2 N–H and O–H groups in total. The first kappa shape index (κ1) is 25.8. The maximum absolute atomic E-state index is 3.95. The molecule has 0 radical (unpaired) electrons. The van der Waals surface area contributed by atoms with E-state index in [1.54, 1.807) is 0 Å². The SMILES string of the molecule is CC(C)(C)P(=[Se])(NCCNP(=[Se])(C(C)(C)C)C(C)(C)C)C(C)(C)C. The van der Waals surface area contributed by atoms with Crippen molar-refractivity contribution in [2.24, 2.45) is 0 Å². The van der Waals surface area contributed by atoms with E-state index in [0.29, 0.717) is 0 Å². The van der Waals surface area contributed by atoms with Gasteiger partial charge in [0.25, 0.3) is 0 Å². The Morgan fingerprint density at radius 2 is 0.667 bits per heavy atom. The molecule has 0 bridgehead atoms.